The summed E-state index contributed by atoms with van der Waals surface area (Å²) in [4.78, 5) is 29.3. The molecule has 4 rings (SSSR count). The van der Waals surface area contributed by atoms with Crippen LogP contribution in [0.2, 0.25) is 0 Å². The van der Waals surface area contributed by atoms with Gasteiger partial charge in [-0.25, -0.2) is 4.98 Å². The number of fused-ring (bicyclic) bond motifs is 3. The van der Waals surface area contributed by atoms with Gasteiger partial charge in [0.2, 0.25) is 0 Å². The number of pyridine rings is 2. The molecule has 0 aliphatic carbocycles. The molecule has 2 aromatic heterocycles. The zero-order chi connectivity index (χ0) is 32.2. The van der Waals surface area contributed by atoms with Gasteiger partial charge in [0.1, 0.15) is 17.9 Å². The number of carboxylic acid groups (broad SMARTS) is 1. The van der Waals surface area contributed by atoms with Crippen molar-refractivity contribution in [2.24, 2.45) is 0 Å². The second-order valence-corrected chi connectivity index (χ2v) is 13.6. The average molecular weight is 640 g/mol. The van der Waals surface area contributed by atoms with Crippen LogP contribution in [0, 0.1) is 6.92 Å². The molecule has 45 heavy (non-hydrogen) atoms. The Bertz CT molecular complexity index is 1640. The lowest BCUT2D eigenvalue weighted by Crippen LogP contribution is -2.13. The van der Waals surface area contributed by atoms with Crippen LogP contribution in [0.3, 0.4) is 0 Å². The summed E-state index contributed by atoms with van der Waals surface area (Å²) >= 11 is 0. The summed E-state index contributed by atoms with van der Waals surface area (Å²) < 4.78 is 33.3. The summed E-state index contributed by atoms with van der Waals surface area (Å²) in [5, 5.41) is 10.9. The van der Waals surface area contributed by atoms with E-state index in [-0.39, 0.29) is 19.2 Å². The molecule has 11 nitrogen and oxygen atoms in total. The number of ether oxygens (including phenoxy) is 4. The van der Waals surface area contributed by atoms with E-state index in [0.29, 0.717) is 57.4 Å². The van der Waals surface area contributed by atoms with Gasteiger partial charge in [-0.3, -0.25) is 14.3 Å². The molecule has 0 fully saturated rings. The monoisotopic (exact) mass is 639 g/mol. The van der Waals surface area contributed by atoms with Crippen LogP contribution in [0.25, 0.3) is 21.8 Å². The highest BCUT2D eigenvalue weighted by Gasteiger charge is 2.11. The fraction of sp³-hybridized carbons (Fsp3) is 0.424. The molecular weight excluding hydrogens is 597 g/mol. The summed E-state index contributed by atoms with van der Waals surface area (Å²) in [5.41, 5.74) is 12.0. The molecule has 0 bridgehead atoms. The van der Waals surface area contributed by atoms with Gasteiger partial charge in [0.05, 0.1) is 45.2 Å². The number of rotatable bonds is 19. The Balaban J connectivity index is 1.21. The number of nitrogens with two attached hydrogens (primary N) is 1. The number of anilines is 1. The summed E-state index contributed by atoms with van der Waals surface area (Å²) in [7, 11) is -3.02. The number of hydrogen-bond donors (Lipinski definition) is 3. The molecule has 0 aliphatic rings. The fourth-order valence-corrected chi connectivity index (χ4v) is 5.32. The highest BCUT2D eigenvalue weighted by molar-refractivity contribution is 7.57. The molecule has 2 heterocycles. The molecule has 0 amide bonds. The van der Waals surface area contributed by atoms with Gasteiger partial charge < -0.3 is 34.7 Å². The molecule has 4 N–H and O–H groups in total. The Kier molecular flexibility index (Phi) is 12.7. The van der Waals surface area contributed by atoms with Crippen LogP contribution in [0.15, 0.2) is 48.7 Å². The number of carbonyl (C=O) groups is 1. The van der Waals surface area contributed by atoms with Crippen molar-refractivity contribution in [3.63, 3.8) is 0 Å². The predicted molar refractivity (Wildman–Crippen MR) is 175 cm³/mol. The van der Waals surface area contributed by atoms with E-state index in [1.165, 1.54) is 12.2 Å². The second kappa shape index (κ2) is 16.6. The number of aliphatic carboxylic acids is 1. The first-order valence-corrected chi connectivity index (χ1v) is 17.3. The summed E-state index contributed by atoms with van der Waals surface area (Å²) in [5.74, 6) is 0.318. The standard InChI is InChI=1S/C33H42N3O8P/c1-23-19-27(44-16-15-42-12-11-41-13-14-43-17-18-45(2,39)40)8-7-26(23)6-3-25-20-29-28-9-4-24(5-10-31(37)38)21-30(28)36-33(34)32(29)35-22-25/h4,7-9,19-22H,3,5-6,10-18H2,1-2H3,(H2,34,36)(H,37,38)(H,39,40). The van der Waals surface area contributed by atoms with Crippen molar-refractivity contribution in [2.75, 3.05) is 64.8 Å². The number of nitrogens with zero attached hydrogens (tertiary/aromatic N) is 2. The lowest BCUT2D eigenvalue weighted by Gasteiger charge is -2.12. The Morgan fingerprint density at radius 1 is 0.867 bits per heavy atom. The lowest BCUT2D eigenvalue weighted by atomic mass is 9.99. The van der Waals surface area contributed by atoms with Gasteiger partial charge >= 0.3 is 5.97 Å². The SMILES string of the molecule is Cc1cc(OCCOCCOCCOCCP(C)(=O)O)ccc1CCc1cnc2c(N)nc3cc(CCC(=O)O)ccc3c2c1. The number of benzene rings is 2. The second-order valence-electron chi connectivity index (χ2n) is 11.0. The van der Waals surface area contributed by atoms with Gasteiger partial charge in [-0.15, -0.1) is 0 Å². The van der Waals surface area contributed by atoms with E-state index in [0.717, 1.165) is 51.6 Å². The number of aromatic nitrogens is 2. The van der Waals surface area contributed by atoms with Crippen molar-refractivity contribution in [3.05, 3.63) is 70.9 Å². The summed E-state index contributed by atoms with van der Waals surface area (Å²) in [6.07, 6.45) is 4.14. The number of nitrogen functional groups attached to an aromatic ring is 1. The van der Waals surface area contributed by atoms with Crippen LogP contribution < -0.4 is 10.5 Å². The zero-order valence-corrected chi connectivity index (χ0v) is 26.8. The highest BCUT2D eigenvalue weighted by atomic mass is 31.2. The maximum absolute atomic E-state index is 11.2. The van der Waals surface area contributed by atoms with Gasteiger partial charge in [0.15, 0.2) is 13.2 Å². The molecule has 242 valence electrons. The maximum atomic E-state index is 11.2. The topological polar surface area (TPSA) is 163 Å². The van der Waals surface area contributed by atoms with Crippen LogP contribution in [0.1, 0.15) is 28.7 Å². The Morgan fingerprint density at radius 3 is 2.27 bits per heavy atom. The Hall–Kier alpha value is -3.60. The Labute approximate surface area is 263 Å². The van der Waals surface area contributed by atoms with E-state index in [1.807, 2.05) is 36.5 Å². The zero-order valence-electron chi connectivity index (χ0n) is 25.9. The number of aryl methyl sites for hydroxylation is 4. The maximum Gasteiger partial charge on any atom is 0.303 e. The fourth-order valence-electron chi connectivity index (χ4n) is 4.85. The summed E-state index contributed by atoms with van der Waals surface area (Å²) in [6.45, 7) is 6.17. The molecule has 0 saturated carbocycles. The van der Waals surface area contributed by atoms with Crippen LogP contribution in [-0.2, 0) is 42.8 Å². The third kappa shape index (κ3) is 11.1. The van der Waals surface area contributed by atoms with Gasteiger partial charge in [0.25, 0.3) is 0 Å². The van der Waals surface area contributed by atoms with Crippen molar-refractivity contribution in [1.82, 2.24) is 9.97 Å². The van der Waals surface area contributed by atoms with Crippen LogP contribution in [-0.4, -0.2) is 85.0 Å². The lowest BCUT2D eigenvalue weighted by molar-refractivity contribution is -0.136. The minimum atomic E-state index is -3.02. The van der Waals surface area contributed by atoms with E-state index in [9.17, 15) is 14.3 Å². The Morgan fingerprint density at radius 2 is 1.58 bits per heavy atom. The van der Waals surface area contributed by atoms with Crippen LogP contribution >= 0.6 is 7.37 Å². The minimum absolute atomic E-state index is 0.0656. The molecule has 2 aromatic carbocycles. The molecule has 1 unspecified atom stereocenters. The van der Waals surface area contributed by atoms with Gasteiger partial charge in [0, 0.05) is 36.2 Å². The van der Waals surface area contributed by atoms with E-state index >= 15 is 0 Å². The van der Waals surface area contributed by atoms with E-state index in [4.69, 9.17) is 29.8 Å². The van der Waals surface area contributed by atoms with Crippen LogP contribution in [0.5, 0.6) is 5.75 Å². The van der Waals surface area contributed by atoms with Gasteiger partial charge in [-0.2, -0.15) is 0 Å². The average Bonchev–Trinajstić information content (AvgIpc) is 2.99. The molecular formula is C33H42N3O8P. The molecule has 0 spiro atoms. The van der Waals surface area contributed by atoms with Crippen molar-refractivity contribution in [1.29, 1.82) is 0 Å². The molecule has 4 aromatic rings. The molecule has 1 atom stereocenters. The predicted octanol–water partition coefficient (Wildman–Crippen LogP) is 4.80. The quantitative estimate of drug-likeness (QED) is 0.0733. The van der Waals surface area contributed by atoms with Crippen molar-refractivity contribution >= 4 is 41.0 Å². The van der Waals surface area contributed by atoms with Crippen LogP contribution in [0.4, 0.5) is 5.82 Å². The first kappa shape index (κ1) is 34.3. The van der Waals surface area contributed by atoms with Crippen molar-refractivity contribution in [2.45, 2.75) is 32.6 Å². The smallest absolute Gasteiger partial charge is 0.303 e. The van der Waals surface area contributed by atoms with E-state index in [1.54, 1.807) is 0 Å². The van der Waals surface area contributed by atoms with Crippen molar-refractivity contribution in [3.8, 4) is 5.75 Å². The highest BCUT2D eigenvalue weighted by Crippen LogP contribution is 2.34. The summed E-state index contributed by atoms with van der Waals surface area (Å²) in [6, 6.07) is 14.0. The molecule has 0 aliphatic heterocycles. The molecule has 12 heteroatoms. The third-order valence-corrected chi connectivity index (χ3v) is 8.31. The molecule has 0 saturated heterocycles. The third-order valence-electron chi connectivity index (χ3n) is 7.30. The van der Waals surface area contributed by atoms with Gasteiger partial charge in [-0.05, 0) is 72.7 Å². The molecule has 0 radical (unpaired) electrons. The van der Waals surface area contributed by atoms with Gasteiger partial charge in [-0.1, -0.05) is 18.2 Å². The first-order chi connectivity index (χ1) is 21.6. The number of carboxylic acids is 1. The normalized spacial score (nSPS) is 12.9. The van der Waals surface area contributed by atoms with E-state index < -0.39 is 13.3 Å². The van der Waals surface area contributed by atoms with E-state index in [2.05, 4.69) is 29.0 Å². The number of hydrogen-bond acceptors (Lipinski definition) is 9. The first-order valence-electron chi connectivity index (χ1n) is 15.0. The largest absolute Gasteiger partial charge is 0.491 e. The van der Waals surface area contributed by atoms with Crippen molar-refractivity contribution < 1.29 is 38.3 Å². The minimum Gasteiger partial charge on any atom is -0.491 e.